The molecular weight excluding hydrogens is 461 g/mol. The van der Waals surface area contributed by atoms with Crippen LogP contribution in [0.4, 0.5) is 11.4 Å². The first-order valence-electron chi connectivity index (χ1n) is 11.6. The van der Waals surface area contributed by atoms with Gasteiger partial charge >= 0.3 is 25.8 Å². The van der Waals surface area contributed by atoms with E-state index in [1.54, 1.807) is 17.4 Å². The van der Waals surface area contributed by atoms with Crippen molar-refractivity contribution in [1.82, 2.24) is 0 Å². The summed E-state index contributed by atoms with van der Waals surface area (Å²) in [7, 11) is 6.94. The minimum Gasteiger partial charge on any atom is -0.428 e. The van der Waals surface area contributed by atoms with E-state index in [-0.39, 0.29) is 25.8 Å². The van der Waals surface area contributed by atoms with Crippen molar-refractivity contribution in [3.63, 3.8) is 0 Å². The molecule has 0 atom stereocenters. The predicted octanol–water partition coefficient (Wildman–Crippen LogP) is 7.70. The summed E-state index contributed by atoms with van der Waals surface area (Å²) in [5.41, 5.74) is 6.20. The first-order chi connectivity index (χ1) is 15.2. The van der Waals surface area contributed by atoms with E-state index < -0.39 is 8.07 Å². The molecule has 0 N–H and O–H groups in total. The van der Waals surface area contributed by atoms with Gasteiger partial charge in [0.15, 0.2) is 0 Å². The first kappa shape index (κ1) is 32.9. The van der Waals surface area contributed by atoms with Gasteiger partial charge in [-0.1, -0.05) is 83.0 Å². The Labute approximate surface area is 232 Å². The second-order valence-corrected chi connectivity index (χ2v) is 15.2. The standard InChI is InChI=1S/C12H21Si.2C9H12N.Sc/c1-8-9(2)11(4)12(10(8)3)13(5,6)7;2*1-8-6-4-5-7-9(8)10(2)3;/h1-7H3;2*4-7H,1H2,2-3H3;/q;2*-1;+3. The molecule has 4 heteroatoms. The van der Waals surface area contributed by atoms with Gasteiger partial charge in [0.1, 0.15) is 0 Å². The van der Waals surface area contributed by atoms with E-state index in [2.05, 4.69) is 83.1 Å². The van der Waals surface area contributed by atoms with Crippen molar-refractivity contribution in [1.29, 1.82) is 0 Å². The average Bonchev–Trinajstić information content (AvgIpc) is 2.92. The quantitative estimate of drug-likeness (QED) is 0.311. The largest absolute Gasteiger partial charge is 3.00 e. The minimum atomic E-state index is -1.13. The molecular formula is C30H45N2ScSi+. The van der Waals surface area contributed by atoms with Gasteiger partial charge in [0.05, 0.1) is 8.07 Å². The summed E-state index contributed by atoms with van der Waals surface area (Å²) in [5.74, 6) is 6.12. The molecule has 0 bridgehead atoms. The van der Waals surface area contributed by atoms with Gasteiger partial charge in [-0.2, -0.15) is 37.1 Å². The van der Waals surface area contributed by atoms with Crippen LogP contribution in [0, 0.1) is 43.1 Å². The molecule has 1 aliphatic rings. The number of hydrogen-bond acceptors (Lipinski definition) is 2. The molecule has 0 spiro atoms. The molecule has 0 unspecified atom stereocenters. The third-order valence-electron chi connectivity index (χ3n) is 6.13. The van der Waals surface area contributed by atoms with Gasteiger partial charge in [0.25, 0.3) is 0 Å². The molecule has 1 saturated carbocycles. The van der Waals surface area contributed by atoms with Gasteiger partial charge in [-0.05, 0) is 57.4 Å². The number of rotatable bonds is 3. The summed E-state index contributed by atoms with van der Waals surface area (Å²) in [6.07, 6.45) is 0. The molecule has 0 aliphatic heterocycles. The van der Waals surface area contributed by atoms with Gasteiger partial charge in [-0.25, -0.2) is 0 Å². The Morgan fingerprint density at radius 2 is 0.853 bits per heavy atom. The topological polar surface area (TPSA) is 6.48 Å². The zero-order valence-corrected chi connectivity index (χ0v) is 26.3. The molecule has 2 nitrogen and oxygen atoms in total. The van der Waals surface area contributed by atoms with Crippen LogP contribution in [0.5, 0.6) is 0 Å². The van der Waals surface area contributed by atoms with E-state index >= 15 is 0 Å². The number of hydrogen-bond donors (Lipinski definition) is 0. The van der Waals surface area contributed by atoms with Crippen molar-refractivity contribution in [2.75, 3.05) is 38.0 Å². The fraction of sp³-hybridized carbons (Fsp3) is 0.367. The van der Waals surface area contributed by atoms with Gasteiger partial charge in [0.2, 0.25) is 0 Å². The van der Waals surface area contributed by atoms with Crippen LogP contribution in [-0.4, -0.2) is 36.3 Å². The maximum absolute atomic E-state index is 3.90. The van der Waals surface area contributed by atoms with E-state index in [4.69, 9.17) is 0 Å². The van der Waals surface area contributed by atoms with E-state index in [1.165, 1.54) is 23.2 Å². The van der Waals surface area contributed by atoms with Crippen molar-refractivity contribution >= 4 is 19.4 Å². The van der Waals surface area contributed by atoms with Gasteiger partial charge in [-0.15, -0.1) is 12.1 Å². The van der Waals surface area contributed by atoms with E-state index in [0.717, 1.165) is 11.1 Å². The molecule has 0 heterocycles. The molecule has 1 fully saturated rings. The molecule has 2 aromatic carbocycles. The maximum Gasteiger partial charge on any atom is 3.00 e. The second kappa shape index (κ2) is 14.4. The van der Waals surface area contributed by atoms with E-state index in [9.17, 15) is 0 Å². The summed E-state index contributed by atoms with van der Waals surface area (Å²) in [4.78, 5) is 4.12. The van der Waals surface area contributed by atoms with Crippen molar-refractivity contribution in [2.45, 2.75) is 47.3 Å². The Morgan fingerprint density at radius 1 is 0.559 bits per heavy atom. The molecule has 1 aliphatic carbocycles. The Morgan fingerprint density at radius 3 is 1.03 bits per heavy atom. The van der Waals surface area contributed by atoms with E-state index in [0.29, 0.717) is 0 Å². The van der Waals surface area contributed by atoms with Crippen molar-refractivity contribution in [2.24, 2.45) is 0 Å². The normalized spacial score (nSPS) is 15.5. The Hall–Kier alpha value is -1.13. The monoisotopic (exact) mass is 506 g/mol. The van der Waals surface area contributed by atoms with Crippen LogP contribution in [0.1, 0.15) is 38.8 Å². The summed E-state index contributed by atoms with van der Waals surface area (Å²) in [6.45, 7) is 24.2. The van der Waals surface area contributed by atoms with Crippen LogP contribution < -0.4 is 9.80 Å². The fourth-order valence-electron chi connectivity index (χ4n) is 4.24. The van der Waals surface area contributed by atoms with E-state index in [1.807, 2.05) is 64.6 Å². The average molecular weight is 507 g/mol. The number of nitrogens with zero attached hydrogens (tertiary/aromatic N) is 2. The molecule has 181 valence electrons. The third-order valence-corrected chi connectivity index (χ3v) is 8.38. The maximum atomic E-state index is 3.90. The SMILES string of the molecule is C[C]1[C](C)[C](C)[C]([Si](C)(C)C)[C]1C.[CH2-]c1ccccc1N(C)C.[CH2-]c1ccccc1N(C)C.[Sc+3]. The molecule has 34 heavy (non-hydrogen) atoms. The van der Waals surface area contributed by atoms with Crippen molar-refractivity contribution < 1.29 is 25.8 Å². The smallest absolute Gasteiger partial charge is 0.428 e. The Kier molecular flexibility index (Phi) is 14.0. The van der Waals surface area contributed by atoms with Gasteiger partial charge < -0.3 is 9.80 Å². The number of para-hydroxylation sites is 2. The molecule has 0 amide bonds. The Balaban J connectivity index is 0.000000479. The van der Waals surface area contributed by atoms with Crippen molar-refractivity contribution in [3.8, 4) is 0 Å². The third kappa shape index (κ3) is 9.15. The summed E-state index contributed by atoms with van der Waals surface area (Å²) in [5, 5.41) is 0. The zero-order valence-electron chi connectivity index (χ0n) is 23.5. The van der Waals surface area contributed by atoms with Crippen molar-refractivity contribution in [3.05, 3.63) is 103 Å². The zero-order chi connectivity index (χ0) is 25.5. The Bertz CT molecular complexity index is 780. The molecule has 0 saturated heterocycles. The summed E-state index contributed by atoms with van der Waals surface area (Å²) >= 11 is 0. The summed E-state index contributed by atoms with van der Waals surface area (Å²) in [6, 6.07) is 16.2. The van der Waals surface area contributed by atoms with Crippen LogP contribution >= 0.6 is 0 Å². The molecule has 5 radical (unpaired) electrons. The van der Waals surface area contributed by atoms with Gasteiger partial charge in [-0.3, -0.25) is 0 Å². The molecule has 0 aromatic heterocycles. The number of benzene rings is 2. The first-order valence-corrected chi connectivity index (χ1v) is 15.1. The molecule has 2 aromatic rings. The number of anilines is 2. The van der Waals surface area contributed by atoms with Crippen LogP contribution in [0.15, 0.2) is 48.5 Å². The predicted molar refractivity (Wildman–Crippen MR) is 153 cm³/mol. The second-order valence-electron chi connectivity index (χ2n) is 10.2. The van der Waals surface area contributed by atoms with Crippen LogP contribution in [0.25, 0.3) is 0 Å². The van der Waals surface area contributed by atoms with Gasteiger partial charge in [0, 0.05) is 0 Å². The fourth-order valence-corrected chi connectivity index (χ4v) is 6.86. The molecule has 3 rings (SSSR count). The van der Waals surface area contributed by atoms with Crippen LogP contribution in [0.3, 0.4) is 0 Å². The van der Waals surface area contributed by atoms with Crippen LogP contribution in [0.2, 0.25) is 19.6 Å². The minimum absolute atomic E-state index is 0. The van der Waals surface area contributed by atoms with Crippen LogP contribution in [-0.2, 0) is 25.8 Å². The summed E-state index contributed by atoms with van der Waals surface area (Å²) < 4.78 is 0.